The van der Waals surface area contributed by atoms with E-state index in [2.05, 4.69) is 20.4 Å². The number of aromatic hydroxyl groups is 1. The Bertz CT molecular complexity index is 380. The number of nitrogens with two attached hydrogens (primary N) is 1. The largest absolute Gasteiger partial charge is 0.508 e. The number of hydrogen-bond acceptors (Lipinski definition) is 2. The van der Waals surface area contributed by atoms with Gasteiger partial charge in [-0.1, -0.05) is 25.5 Å². The van der Waals surface area contributed by atoms with Gasteiger partial charge in [0.1, 0.15) is 5.75 Å². The maximum absolute atomic E-state index is 9.83. The molecule has 0 saturated heterocycles. The van der Waals surface area contributed by atoms with E-state index in [0.29, 0.717) is 5.69 Å². The molecule has 1 aromatic carbocycles. The van der Waals surface area contributed by atoms with Gasteiger partial charge in [-0.2, -0.15) is 0 Å². The third kappa shape index (κ3) is 2.75. The van der Waals surface area contributed by atoms with Crippen LogP contribution in [0.1, 0.15) is 32.8 Å². The van der Waals surface area contributed by atoms with Crippen molar-refractivity contribution in [3.8, 4) is 5.75 Å². The van der Waals surface area contributed by atoms with Crippen LogP contribution in [-0.4, -0.2) is 5.11 Å². The van der Waals surface area contributed by atoms with Crippen LogP contribution in [0.2, 0.25) is 0 Å². The van der Waals surface area contributed by atoms with E-state index in [9.17, 15) is 5.11 Å². The normalized spacial score (nSPS) is 11.4. The van der Waals surface area contributed by atoms with Gasteiger partial charge in [0.25, 0.3) is 0 Å². The summed E-state index contributed by atoms with van der Waals surface area (Å²) in [7, 11) is 0. The van der Waals surface area contributed by atoms with E-state index in [1.54, 1.807) is 6.07 Å². The molecule has 1 rings (SSSR count). The van der Waals surface area contributed by atoms with Crippen molar-refractivity contribution in [1.82, 2.24) is 0 Å². The van der Waals surface area contributed by atoms with E-state index >= 15 is 0 Å². The van der Waals surface area contributed by atoms with Gasteiger partial charge >= 0.3 is 0 Å². The van der Waals surface area contributed by atoms with Crippen molar-refractivity contribution in [1.29, 1.82) is 0 Å². The summed E-state index contributed by atoms with van der Waals surface area (Å²) in [6.45, 7) is 10.1. The van der Waals surface area contributed by atoms with E-state index in [4.69, 9.17) is 5.73 Å². The maximum Gasteiger partial charge on any atom is 0.121 e. The minimum absolute atomic E-state index is 0.108. The highest BCUT2D eigenvalue weighted by atomic mass is 16.3. The van der Waals surface area contributed by atoms with Gasteiger partial charge < -0.3 is 10.8 Å². The first-order chi connectivity index (χ1) is 6.83. The number of rotatable bonds is 3. The van der Waals surface area contributed by atoms with Crippen molar-refractivity contribution in [2.24, 2.45) is 0 Å². The second kappa shape index (κ2) is 3.97. The zero-order valence-electron chi connectivity index (χ0n) is 9.67. The van der Waals surface area contributed by atoms with Crippen molar-refractivity contribution in [3.63, 3.8) is 0 Å². The maximum atomic E-state index is 9.83. The number of nitrogen functional groups attached to an aromatic ring is 1. The van der Waals surface area contributed by atoms with Crippen LogP contribution in [0.3, 0.4) is 0 Å². The van der Waals surface area contributed by atoms with Crippen LogP contribution < -0.4 is 5.73 Å². The SMILES string of the molecule is C=C(C)CC(C)(C)c1ccc(N)cc1O. The zero-order chi connectivity index (χ0) is 11.6. The molecule has 0 fully saturated rings. The summed E-state index contributed by atoms with van der Waals surface area (Å²) in [4.78, 5) is 0. The van der Waals surface area contributed by atoms with E-state index in [-0.39, 0.29) is 11.2 Å². The fourth-order valence-corrected chi connectivity index (χ4v) is 1.97. The van der Waals surface area contributed by atoms with Gasteiger partial charge in [0.2, 0.25) is 0 Å². The van der Waals surface area contributed by atoms with Crippen LogP contribution in [0.15, 0.2) is 30.4 Å². The average Bonchev–Trinajstić information content (AvgIpc) is 1.99. The van der Waals surface area contributed by atoms with Gasteiger partial charge in [0.15, 0.2) is 0 Å². The van der Waals surface area contributed by atoms with Crippen LogP contribution in [-0.2, 0) is 5.41 Å². The number of anilines is 1. The van der Waals surface area contributed by atoms with Gasteiger partial charge in [-0.3, -0.25) is 0 Å². The van der Waals surface area contributed by atoms with Gasteiger partial charge in [0.05, 0.1) is 0 Å². The lowest BCUT2D eigenvalue weighted by Crippen LogP contribution is -2.17. The molecular weight excluding hydrogens is 186 g/mol. The third-order valence-electron chi connectivity index (χ3n) is 2.49. The van der Waals surface area contributed by atoms with Crippen molar-refractivity contribution in [2.45, 2.75) is 32.6 Å². The first-order valence-corrected chi connectivity index (χ1v) is 5.06. The molecule has 0 atom stereocenters. The number of allylic oxidation sites excluding steroid dienone is 1. The highest BCUT2D eigenvalue weighted by Crippen LogP contribution is 2.36. The van der Waals surface area contributed by atoms with E-state index in [1.165, 1.54) is 0 Å². The third-order valence-corrected chi connectivity index (χ3v) is 2.49. The van der Waals surface area contributed by atoms with Crippen LogP contribution in [0, 0.1) is 0 Å². The highest BCUT2D eigenvalue weighted by Gasteiger charge is 2.23. The first kappa shape index (κ1) is 11.6. The molecule has 0 spiro atoms. The highest BCUT2D eigenvalue weighted by molar-refractivity contribution is 5.50. The van der Waals surface area contributed by atoms with Crippen LogP contribution in [0.5, 0.6) is 5.75 Å². The van der Waals surface area contributed by atoms with Crippen LogP contribution in [0.25, 0.3) is 0 Å². The average molecular weight is 205 g/mol. The molecule has 0 amide bonds. The quantitative estimate of drug-likeness (QED) is 0.588. The number of benzene rings is 1. The number of phenolic OH excluding ortho intramolecular Hbond substituents is 1. The molecule has 2 nitrogen and oxygen atoms in total. The smallest absolute Gasteiger partial charge is 0.121 e. The van der Waals surface area contributed by atoms with Crippen molar-refractivity contribution < 1.29 is 5.11 Å². The van der Waals surface area contributed by atoms with Crippen LogP contribution in [0.4, 0.5) is 5.69 Å². The molecule has 82 valence electrons. The Kier molecular flexibility index (Phi) is 3.08. The molecule has 0 aliphatic heterocycles. The molecule has 0 heterocycles. The van der Waals surface area contributed by atoms with E-state index < -0.39 is 0 Å². The molecule has 0 bridgehead atoms. The predicted octanol–water partition coefficient (Wildman–Crippen LogP) is 3.22. The Morgan fingerprint density at radius 3 is 2.53 bits per heavy atom. The fraction of sp³-hybridized carbons (Fsp3) is 0.385. The van der Waals surface area contributed by atoms with E-state index in [1.807, 2.05) is 19.1 Å². The minimum Gasteiger partial charge on any atom is -0.508 e. The fourth-order valence-electron chi connectivity index (χ4n) is 1.97. The molecule has 0 radical (unpaired) electrons. The second-order valence-electron chi connectivity index (χ2n) is 4.79. The Balaban J connectivity index is 3.09. The second-order valence-corrected chi connectivity index (χ2v) is 4.79. The standard InChI is InChI=1S/C13H19NO/c1-9(2)8-13(3,4)11-6-5-10(14)7-12(11)15/h5-7,15H,1,8,14H2,2-4H3. The van der Waals surface area contributed by atoms with Gasteiger partial charge in [-0.25, -0.2) is 0 Å². The molecule has 15 heavy (non-hydrogen) atoms. The molecule has 0 saturated carbocycles. The lowest BCUT2D eigenvalue weighted by atomic mass is 9.79. The van der Waals surface area contributed by atoms with Crippen molar-refractivity contribution in [3.05, 3.63) is 35.9 Å². The topological polar surface area (TPSA) is 46.2 Å². The molecule has 2 heteroatoms. The molecule has 3 N–H and O–H groups in total. The Labute approximate surface area is 91.4 Å². The van der Waals surface area contributed by atoms with Crippen LogP contribution >= 0.6 is 0 Å². The van der Waals surface area contributed by atoms with Crippen molar-refractivity contribution in [2.75, 3.05) is 5.73 Å². The van der Waals surface area contributed by atoms with Crippen molar-refractivity contribution >= 4 is 5.69 Å². The summed E-state index contributed by atoms with van der Waals surface area (Å²) in [6, 6.07) is 5.29. The summed E-state index contributed by atoms with van der Waals surface area (Å²) in [5.41, 5.74) is 8.10. The van der Waals surface area contributed by atoms with E-state index in [0.717, 1.165) is 17.6 Å². The summed E-state index contributed by atoms with van der Waals surface area (Å²) < 4.78 is 0. The molecule has 0 aromatic heterocycles. The summed E-state index contributed by atoms with van der Waals surface area (Å²) >= 11 is 0. The van der Waals surface area contributed by atoms with Gasteiger partial charge in [-0.05, 0) is 30.4 Å². The summed E-state index contributed by atoms with van der Waals surface area (Å²) in [6.07, 6.45) is 0.852. The Hall–Kier alpha value is -1.44. The predicted molar refractivity (Wildman–Crippen MR) is 65.0 cm³/mol. The molecule has 0 aliphatic rings. The number of hydrogen-bond donors (Lipinski definition) is 2. The Morgan fingerprint density at radius 1 is 1.47 bits per heavy atom. The lowest BCUT2D eigenvalue weighted by molar-refractivity contribution is 0.433. The summed E-state index contributed by atoms with van der Waals surface area (Å²) in [5.74, 6) is 0.265. The zero-order valence-corrected chi connectivity index (χ0v) is 9.67. The monoisotopic (exact) mass is 205 g/mol. The molecular formula is C13H19NO. The van der Waals surface area contributed by atoms with Gasteiger partial charge in [0, 0.05) is 11.8 Å². The lowest BCUT2D eigenvalue weighted by Gasteiger charge is -2.26. The number of phenols is 1. The molecule has 1 aromatic rings. The first-order valence-electron chi connectivity index (χ1n) is 5.06. The Morgan fingerprint density at radius 2 is 2.07 bits per heavy atom. The minimum atomic E-state index is -0.108. The van der Waals surface area contributed by atoms with Gasteiger partial charge in [-0.15, -0.1) is 6.58 Å². The molecule has 0 unspecified atom stereocenters. The summed E-state index contributed by atoms with van der Waals surface area (Å²) in [5, 5.41) is 9.83. The molecule has 0 aliphatic carbocycles.